The molecule has 0 radical (unpaired) electrons. The van der Waals surface area contributed by atoms with E-state index >= 15 is 0 Å². The number of carbonyl (C=O) groups is 2. The zero-order valence-corrected chi connectivity index (χ0v) is 10.1. The van der Waals surface area contributed by atoms with Crippen molar-refractivity contribution >= 4 is 12.3 Å². The minimum atomic E-state index is -0.196. The number of allylic oxidation sites excluding steroid dienone is 2. The molecule has 16 heavy (non-hydrogen) atoms. The van der Waals surface area contributed by atoms with Crippen molar-refractivity contribution in [2.24, 2.45) is 0 Å². The fourth-order valence-corrected chi connectivity index (χ4v) is 1.33. The normalized spacial score (nSPS) is 10.6. The van der Waals surface area contributed by atoms with Crippen molar-refractivity contribution in [3.63, 3.8) is 0 Å². The Labute approximate surface area is 97.9 Å². The Kier molecular flexibility index (Phi) is 11.1. The molecular weight excluding hydrogens is 204 g/mol. The third-order valence-corrected chi connectivity index (χ3v) is 2.19. The topological polar surface area (TPSA) is 43.4 Å². The van der Waals surface area contributed by atoms with Gasteiger partial charge in [0, 0.05) is 13.3 Å². The Hall–Kier alpha value is -1.12. The first-order valence-corrected chi connectivity index (χ1v) is 5.99. The van der Waals surface area contributed by atoms with Crippen molar-refractivity contribution in [1.29, 1.82) is 0 Å². The molecule has 0 saturated heterocycles. The van der Waals surface area contributed by atoms with Gasteiger partial charge >= 0.3 is 5.97 Å². The average molecular weight is 226 g/mol. The van der Waals surface area contributed by atoms with E-state index < -0.39 is 0 Å². The fourth-order valence-electron chi connectivity index (χ4n) is 1.33. The number of carbonyl (C=O) groups excluding carboxylic acids is 2. The zero-order valence-electron chi connectivity index (χ0n) is 10.1. The highest BCUT2D eigenvalue weighted by molar-refractivity contribution is 5.65. The molecule has 0 heterocycles. The highest BCUT2D eigenvalue weighted by Crippen LogP contribution is 2.04. The van der Waals surface area contributed by atoms with Gasteiger partial charge in [-0.2, -0.15) is 0 Å². The van der Waals surface area contributed by atoms with Gasteiger partial charge in [-0.3, -0.25) is 4.79 Å². The maximum absolute atomic E-state index is 10.4. The van der Waals surface area contributed by atoms with E-state index in [0.29, 0.717) is 13.0 Å². The Morgan fingerprint density at radius 3 is 2.38 bits per heavy atom. The summed E-state index contributed by atoms with van der Waals surface area (Å²) in [6, 6.07) is 0. The summed E-state index contributed by atoms with van der Waals surface area (Å²) in [6.45, 7) is 1.98. The second kappa shape index (κ2) is 12.0. The molecule has 0 aliphatic rings. The fraction of sp³-hybridized carbons (Fsp3) is 0.692. The predicted octanol–water partition coefficient (Wildman–Crippen LogP) is 3.04. The van der Waals surface area contributed by atoms with Crippen LogP contribution >= 0.6 is 0 Å². The molecule has 3 heteroatoms. The van der Waals surface area contributed by atoms with E-state index in [1.165, 1.54) is 13.3 Å². The Morgan fingerprint density at radius 2 is 1.69 bits per heavy atom. The number of unbranched alkanes of at least 4 members (excludes halogenated alkanes) is 5. The highest BCUT2D eigenvalue weighted by Gasteiger charge is 1.92. The van der Waals surface area contributed by atoms with Crippen LogP contribution in [0.2, 0.25) is 0 Å². The van der Waals surface area contributed by atoms with Gasteiger partial charge in [0.1, 0.15) is 6.29 Å². The number of hydrogen-bond acceptors (Lipinski definition) is 3. The average Bonchev–Trinajstić information content (AvgIpc) is 2.25. The van der Waals surface area contributed by atoms with Crippen LogP contribution in [0.5, 0.6) is 0 Å². The molecule has 92 valence electrons. The van der Waals surface area contributed by atoms with Crippen LogP contribution in [0.3, 0.4) is 0 Å². The van der Waals surface area contributed by atoms with E-state index in [9.17, 15) is 9.59 Å². The molecule has 0 amide bonds. The van der Waals surface area contributed by atoms with Crippen LogP contribution in [0.25, 0.3) is 0 Å². The van der Waals surface area contributed by atoms with Gasteiger partial charge in [0.05, 0.1) is 6.61 Å². The Bertz CT molecular complexity index is 209. The van der Waals surface area contributed by atoms with Gasteiger partial charge in [-0.25, -0.2) is 0 Å². The number of esters is 1. The van der Waals surface area contributed by atoms with E-state index in [-0.39, 0.29) is 5.97 Å². The van der Waals surface area contributed by atoms with Crippen LogP contribution in [-0.4, -0.2) is 18.9 Å². The van der Waals surface area contributed by atoms with Crippen LogP contribution in [0, 0.1) is 0 Å². The third-order valence-electron chi connectivity index (χ3n) is 2.19. The lowest BCUT2D eigenvalue weighted by atomic mass is 10.1. The van der Waals surface area contributed by atoms with Gasteiger partial charge < -0.3 is 9.53 Å². The summed E-state index contributed by atoms with van der Waals surface area (Å²) >= 11 is 0. The van der Waals surface area contributed by atoms with Crippen molar-refractivity contribution in [2.45, 2.75) is 51.9 Å². The highest BCUT2D eigenvalue weighted by atomic mass is 16.5. The minimum absolute atomic E-state index is 0.196. The number of aldehydes is 1. The first-order valence-electron chi connectivity index (χ1n) is 5.99. The van der Waals surface area contributed by atoms with E-state index in [1.807, 2.05) is 0 Å². The van der Waals surface area contributed by atoms with Crippen molar-refractivity contribution in [2.75, 3.05) is 6.61 Å². The summed E-state index contributed by atoms with van der Waals surface area (Å²) in [4.78, 5) is 20.5. The summed E-state index contributed by atoms with van der Waals surface area (Å²) < 4.78 is 4.83. The van der Waals surface area contributed by atoms with Crippen LogP contribution in [0.1, 0.15) is 51.9 Å². The van der Waals surface area contributed by atoms with Crippen LogP contribution in [-0.2, 0) is 14.3 Å². The third kappa shape index (κ3) is 12.9. The van der Waals surface area contributed by atoms with E-state index in [1.54, 1.807) is 0 Å². The van der Waals surface area contributed by atoms with Crippen LogP contribution in [0.4, 0.5) is 0 Å². The smallest absolute Gasteiger partial charge is 0.302 e. The number of rotatable bonds is 10. The lowest BCUT2D eigenvalue weighted by Crippen LogP contribution is -1.99. The van der Waals surface area contributed by atoms with Crippen molar-refractivity contribution in [3.05, 3.63) is 12.2 Å². The molecule has 0 spiro atoms. The summed E-state index contributed by atoms with van der Waals surface area (Å²) in [6.07, 6.45) is 12.1. The molecule has 0 aromatic heterocycles. The molecule has 0 N–H and O–H groups in total. The lowest BCUT2D eigenvalue weighted by molar-refractivity contribution is -0.141. The Balaban J connectivity index is 3.06. The quantitative estimate of drug-likeness (QED) is 0.249. The second-order valence-corrected chi connectivity index (χ2v) is 3.76. The molecule has 0 bridgehead atoms. The van der Waals surface area contributed by atoms with Gasteiger partial charge in [-0.1, -0.05) is 25.0 Å². The van der Waals surface area contributed by atoms with Gasteiger partial charge in [0.25, 0.3) is 0 Å². The standard InChI is InChI=1S/C13H22O3/c1-13(15)16-12-10-8-6-4-2-3-5-7-9-11-14/h3,5,11H,2,4,6-10,12H2,1H3/b5-3-. The molecule has 0 unspecified atom stereocenters. The van der Waals surface area contributed by atoms with Gasteiger partial charge in [0.2, 0.25) is 0 Å². The summed E-state index contributed by atoms with van der Waals surface area (Å²) in [7, 11) is 0. The summed E-state index contributed by atoms with van der Waals surface area (Å²) in [5, 5.41) is 0. The zero-order chi connectivity index (χ0) is 12.1. The second-order valence-electron chi connectivity index (χ2n) is 3.76. The SMILES string of the molecule is CC(=O)OCCCCCC/C=C\CCC=O. The van der Waals surface area contributed by atoms with Crippen LogP contribution in [0.15, 0.2) is 12.2 Å². The summed E-state index contributed by atoms with van der Waals surface area (Å²) in [5.74, 6) is -0.196. The molecule has 0 aromatic carbocycles. The monoisotopic (exact) mass is 226 g/mol. The van der Waals surface area contributed by atoms with Gasteiger partial charge in [-0.05, 0) is 25.7 Å². The molecule has 0 aliphatic carbocycles. The van der Waals surface area contributed by atoms with Crippen LogP contribution < -0.4 is 0 Å². The maximum atomic E-state index is 10.4. The number of hydrogen-bond donors (Lipinski definition) is 0. The summed E-state index contributed by atoms with van der Waals surface area (Å²) in [5.41, 5.74) is 0. The molecule has 0 atom stereocenters. The van der Waals surface area contributed by atoms with Crippen molar-refractivity contribution < 1.29 is 14.3 Å². The Morgan fingerprint density at radius 1 is 1.00 bits per heavy atom. The lowest BCUT2D eigenvalue weighted by Gasteiger charge is -2.00. The first-order chi connectivity index (χ1) is 7.77. The van der Waals surface area contributed by atoms with Crippen molar-refractivity contribution in [1.82, 2.24) is 0 Å². The number of ether oxygens (including phenoxy) is 1. The molecule has 0 saturated carbocycles. The molecule has 0 fully saturated rings. The largest absolute Gasteiger partial charge is 0.466 e. The first kappa shape index (κ1) is 14.9. The molecular formula is C13H22O3. The van der Waals surface area contributed by atoms with Gasteiger partial charge in [-0.15, -0.1) is 0 Å². The van der Waals surface area contributed by atoms with Gasteiger partial charge in [0.15, 0.2) is 0 Å². The molecule has 0 rings (SSSR count). The van der Waals surface area contributed by atoms with E-state index in [4.69, 9.17) is 4.74 Å². The predicted molar refractivity (Wildman–Crippen MR) is 64.2 cm³/mol. The van der Waals surface area contributed by atoms with E-state index in [0.717, 1.165) is 38.4 Å². The van der Waals surface area contributed by atoms with E-state index in [2.05, 4.69) is 12.2 Å². The molecule has 0 aromatic rings. The molecule has 0 aliphatic heterocycles. The minimum Gasteiger partial charge on any atom is -0.466 e. The molecule has 3 nitrogen and oxygen atoms in total. The maximum Gasteiger partial charge on any atom is 0.302 e. The van der Waals surface area contributed by atoms with Crippen molar-refractivity contribution in [3.8, 4) is 0 Å².